The molecule has 32 heavy (non-hydrogen) atoms. The first-order valence-electron chi connectivity index (χ1n) is 9.79. The summed E-state index contributed by atoms with van der Waals surface area (Å²) in [4.78, 5) is 4.52. The first kappa shape index (κ1) is 21.4. The molecule has 1 aromatic heterocycles. The molecule has 0 atom stereocenters. The molecule has 0 unspecified atom stereocenters. The van der Waals surface area contributed by atoms with Gasteiger partial charge < -0.3 is 13.9 Å². The maximum atomic E-state index is 9.98. The van der Waals surface area contributed by atoms with Gasteiger partial charge in [-0.2, -0.15) is 5.26 Å². The van der Waals surface area contributed by atoms with Gasteiger partial charge in [-0.3, -0.25) is 0 Å². The predicted molar refractivity (Wildman–Crippen MR) is 129 cm³/mol. The summed E-state index contributed by atoms with van der Waals surface area (Å²) in [5.41, 5.74) is 3.63. The van der Waals surface area contributed by atoms with Crippen LogP contribution in [-0.2, 0) is 0 Å². The standard InChI is InChI=1S/C26H19BrN2O3/c1-30-22-14-17(13-21(27)25(22)31-2)16-29-26-20(15-28)23(18-9-5-3-6-10-18)24(32-26)19-11-7-4-8-12-19/h3-14,16H,1-2H3. The maximum absolute atomic E-state index is 9.98. The van der Waals surface area contributed by atoms with Crippen LogP contribution in [0.3, 0.4) is 0 Å². The van der Waals surface area contributed by atoms with Crippen molar-refractivity contribution in [2.75, 3.05) is 14.2 Å². The van der Waals surface area contributed by atoms with E-state index in [4.69, 9.17) is 13.9 Å². The van der Waals surface area contributed by atoms with Crippen molar-refractivity contribution in [1.82, 2.24) is 0 Å². The summed E-state index contributed by atoms with van der Waals surface area (Å²) < 4.78 is 17.6. The van der Waals surface area contributed by atoms with Crippen LogP contribution in [0.15, 0.2) is 86.7 Å². The minimum absolute atomic E-state index is 0.246. The van der Waals surface area contributed by atoms with E-state index in [9.17, 15) is 5.26 Å². The molecule has 0 spiro atoms. The lowest BCUT2D eigenvalue weighted by atomic mass is 9.98. The van der Waals surface area contributed by atoms with E-state index in [1.165, 1.54) is 0 Å². The number of hydrogen-bond acceptors (Lipinski definition) is 5. The fraction of sp³-hybridized carbons (Fsp3) is 0.0769. The zero-order valence-corrected chi connectivity index (χ0v) is 19.1. The Hall–Kier alpha value is -3.82. The highest BCUT2D eigenvalue weighted by Crippen LogP contribution is 2.42. The number of nitriles is 1. The van der Waals surface area contributed by atoms with Crippen LogP contribution in [-0.4, -0.2) is 20.4 Å². The van der Waals surface area contributed by atoms with E-state index in [1.807, 2.05) is 66.7 Å². The van der Waals surface area contributed by atoms with Crippen molar-refractivity contribution in [3.63, 3.8) is 0 Å². The van der Waals surface area contributed by atoms with Crippen LogP contribution < -0.4 is 9.47 Å². The molecule has 158 valence electrons. The minimum atomic E-state index is 0.246. The number of ether oxygens (including phenoxy) is 2. The fourth-order valence-electron chi connectivity index (χ4n) is 3.43. The predicted octanol–water partition coefficient (Wildman–Crippen LogP) is 7.02. The van der Waals surface area contributed by atoms with E-state index < -0.39 is 0 Å². The molecule has 4 aromatic rings. The average molecular weight is 487 g/mol. The molecule has 6 heteroatoms. The van der Waals surface area contributed by atoms with E-state index in [0.717, 1.165) is 26.7 Å². The van der Waals surface area contributed by atoms with Crippen molar-refractivity contribution in [3.05, 3.63) is 88.4 Å². The molecule has 5 nitrogen and oxygen atoms in total. The van der Waals surface area contributed by atoms with E-state index in [-0.39, 0.29) is 5.88 Å². The van der Waals surface area contributed by atoms with Crippen molar-refractivity contribution in [1.29, 1.82) is 5.26 Å². The highest BCUT2D eigenvalue weighted by atomic mass is 79.9. The number of rotatable bonds is 6. The molecule has 0 radical (unpaired) electrons. The smallest absolute Gasteiger partial charge is 0.238 e. The third kappa shape index (κ3) is 4.16. The summed E-state index contributed by atoms with van der Waals surface area (Å²) in [6.45, 7) is 0. The van der Waals surface area contributed by atoms with Crippen molar-refractivity contribution in [2.24, 2.45) is 4.99 Å². The van der Waals surface area contributed by atoms with Gasteiger partial charge in [0.05, 0.1) is 18.7 Å². The van der Waals surface area contributed by atoms with Gasteiger partial charge in [0, 0.05) is 17.3 Å². The monoisotopic (exact) mass is 486 g/mol. The van der Waals surface area contributed by atoms with Crippen LogP contribution in [0, 0.1) is 11.3 Å². The molecule has 0 bridgehead atoms. The topological polar surface area (TPSA) is 67.8 Å². The van der Waals surface area contributed by atoms with Gasteiger partial charge >= 0.3 is 0 Å². The summed E-state index contributed by atoms with van der Waals surface area (Å²) in [6.07, 6.45) is 1.63. The summed E-state index contributed by atoms with van der Waals surface area (Å²) in [5.74, 6) is 2.02. The maximum Gasteiger partial charge on any atom is 0.238 e. The summed E-state index contributed by atoms with van der Waals surface area (Å²) in [6, 6.07) is 25.4. The van der Waals surface area contributed by atoms with Gasteiger partial charge in [0.2, 0.25) is 5.88 Å². The fourth-order valence-corrected chi connectivity index (χ4v) is 4.05. The minimum Gasteiger partial charge on any atom is -0.493 e. The Morgan fingerprint density at radius 3 is 2.19 bits per heavy atom. The first-order chi connectivity index (χ1) is 15.7. The molecule has 0 N–H and O–H groups in total. The van der Waals surface area contributed by atoms with Crippen molar-refractivity contribution >= 4 is 28.0 Å². The molecule has 1 heterocycles. The second-order valence-corrected chi connectivity index (χ2v) is 7.68. The zero-order valence-electron chi connectivity index (χ0n) is 17.5. The van der Waals surface area contributed by atoms with E-state index in [1.54, 1.807) is 26.5 Å². The summed E-state index contributed by atoms with van der Waals surface area (Å²) in [5, 5.41) is 9.98. The lowest BCUT2D eigenvalue weighted by Crippen LogP contribution is -1.93. The largest absolute Gasteiger partial charge is 0.493 e. The average Bonchev–Trinajstić information content (AvgIpc) is 3.22. The Bertz CT molecular complexity index is 1310. The highest BCUT2D eigenvalue weighted by molar-refractivity contribution is 9.10. The van der Waals surface area contributed by atoms with Crippen LogP contribution >= 0.6 is 15.9 Å². The van der Waals surface area contributed by atoms with Gasteiger partial charge in [-0.15, -0.1) is 0 Å². The third-order valence-corrected chi connectivity index (χ3v) is 5.48. The van der Waals surface area contributed by atoms with Gasteiger partial charge in [0.25, 0.3) is 0 Å². The van der Waals surface area contributed by atoms with E-state index in [0.29, 0.717) is 22.8 Å². The van der Waals surface area contributed by atoms with Crippen molar-refractivity contribution in [2.45, 2.75) is 0 Å². The molecule has 0 amide bonds. The quantitative estimate of drug-likeness (QED) is 0.274. The van der Waals surface area contributed by atoms with Gasteiger partial charge in [0.1, 0.15) is 17.4 Å². The number of furan rings is 1. The number of hydrogen-bond donors (Lipinski definition) is 0. The van der Waals surface area contributed by atoms with E-state index >= 15 is 0 Å². The first-order valence-corrected chi connectivity index (χ1v) is 10.6. The Morgan fingerprint density at radius 2 is 1.59 bits per heavy atom. The Balaban J connectivity index is 1.85. The van der Waals surface area contributed by atoms with Gasteiger partial charge in [-0.25, -0.2) is 4.99 Å². The molecule has 0 aliphatic heterocycles. The number of nitrogens with zero attached hydrogens (tertiary/aromatic N) is 2. The molecule has 4 rings (SSSR count). The van der Waals surface area contributed by atoms with E-state index in [2.05, 4.69) is 27.0 Å². The van der Waals surface area contributed by atoms with Crippen molar-refractivity contribution in [3.8, 4) is 40.0 Å². The Morgan fingerprint density at radius 1 is 0.938 bits per heavy atom. The number of methoxy groups -OCH3 is 2. The molecule has 0 saturated carbocycles. The van der Waals surface area contributed by atoms with Crippen LogP contribution in [0.4, 0.5) is 5.88 Å². The normalized spacial score (nSPS) is 10.8. The molecular weight excluding hydrogens is 468 g/mol. The number of aliphatic imine (C=N–C) groups is 1. The lowest BCUT2D eigenvalue weighted by Gasteiger charge is -2.10. The van der Waals surface area contributed by atoms with Gasteiger partial charge in [0.15, 0.2) is 11.5 Å². The molecule has 0 aliphatic rings. The number of benzene rings is 3. The summed E-state index contributed by atoms with van der Waals surface area (Å²) in [7, 11) is 3.15. The zero-order chi connectivity index (χ0) is 22.5. The van der Waals surface area contributed by atoms with Crippen LogP contribution in [0.2, 0.25) is 0 Å². The molecule has 0 fully saturated rings. The highest BCUT2D eigenvalue weighted by Gasteiger charge is 2.22. The van der Waals surface area contributed by atoms with Crippen LogP contribution in [0.1, 0.15) is 11.1 Å². The Kier molecular flexibility index (Phi) is 6.39. The van der Waals surface area contributed by atoms with Crippen molar-refractivity contribution < 1.29 is 13.9 Å². The van der Waals surface area contributed by atoms with Gasteiger partial charge in [-0.05, 0) is 39.2 Å². The second kappa shape index (κ2) is 9.54. The van der Waals surface area contributed by atoms with Gasteiger partial charge in [-0.1, -0.05) is 60.7 Å². The molecular formula is C26H19BrN2O3. The lowest BCUT2D eigenvalue weighted by molar-refractivity contribution is 0.353. The second-order valence-electron chi connectivity index (χ2n) is 6.83. The Labute approximate surface area is 194 Å². The molecule has 0 aliphatic carbocycles. The van der Waals surface area contributed by atoms with Crippen LogP contribution in [0.25, 0.3) is 22.5 Å². The third-order valence-electron chi connectivity index (χ3n) is 4.89. The molecule has 3 aromatic carbocycles. The molecule has 0 saturated heterocycles. The summed E-state index contributed by atoms with van der Waals surface area (Å²) >= 11 is 3.49. The number of halogens is 1. The SMILES string of the molecule is COc1cc(C=Nc2oc(-c3ccccc3)c(-c3ccccc3)c2C#N)cc(Br)c1OC. The van der Waals surface area contributed by atoms with Crippen LogP contribution in [0.5, 0.6) is 11.5 Å².